The highest BCUT2D eigenvalue weighted by Gasteiger charge is 2.17. The summed E-state index contributed by atoms with van der Waals surface area (Å²) in [6.45, 7) is 4.97. The molecule has 0 aliphatic carbocycles. The van der Waals surface area contributed by atoms with E-state index in [4.69, 9.17) is 15.0 Å². The molecule has 0 fully saturated rings. The largest absolute Gasteiger partial charge is 0.380 e. The standard InChI is InChI=1S/C13H16IN3O2/c1-3-18-7-10(15)12-16-13(19-17-12)9-6-4-5-8(2)11(9)14/h4-6,10H,3,7,15H2,1-2H3. The molecule has 0 aliphatic heterocycles. The van der Waals surface area contributed by atoms with E-state index in [1.807, 2.05) is 32.0 Å². The minimum Gasteiger partial charge on any atom is -0.380 e. The van der Waals surface area contributed by atoms with Gasteiger partial charge in [-0.25, -0.2) is 0 Å². The second-order valence-electron chi connectivity index (χ2n) is 4.16. The van der Waals surface area contributed by atoms with E-state index in [0.717, 1.165) is 9.13 Å². The lowest BCUT2D eigenvalue weighted by molar-refractivity contribution is 0.130. The van der Waals surface area contributed by atoms with Gasteiger partial charge in [0.15, 0.2) is 5.82 Å². The summed E-state index contributed by atoms with van der Waals surface area (Å²) in [4.78, 5) is 4.35. The van der Waals surface area contributed by atoms with Crippen LogP contribution >= 0.6 is 22.6 Å². The molecule has 102 valence electrons. The Morgan fingerprint density at radius 2 is 2.26 bits per heavy atom. The number of nitrogens with two attached hydrogens (primary N) is 1. The summed E-state index contributed by atoms with van der Waals surface area (Å²) < 4.78 is 11.7. The van der Waals surface area contributed by atoms with Crippen molar-refractivity contribution in [2.45, 2.75) is 19.9 Å². The minimum absolute atomic E-state index is 0.361. The van der Waals surface area contributed by atoms with Crippen LogP contribution in [0.1, 0.15) is 24.4 Å². The van der Waals surface area contributed by atoms with Gasteiger partial charge in [0.25, 0.3) is 5.89 Å². The molecule has 1 aromatic carbocycles. The number of ether oxygens (including phenoxy) is 1. The molecule has 0 radical (unpaired) electrons. The number of aryl methyl sites for hydroxylation is 1. The second-order valence-corrected chi connectivity index (χ2v) is 5.24. The van der Waals surface area contributed by atoms with Crippen LogP contribution < -0.4 is 5.73 Å². The highest BCUT2D eigenvalue weighted by atomic mass is 127. The Kier molecular flexibility index (Phi) is 4.89. The lowest BCUT2D eigenvalue weighted by atomic mass is 10.1. The minimum atomic E-state index is -0.361. The van der Waals surface area contributed by atoms with E-state index >= 15 is 0 Å². The Hall–Kier alpha value is -0.990. The average Bonchev–Trinajstić information content (AvgIpc) is 2.88. The smallest absolute Gasteiger partial charge is 0.259 e. The molecule has 2 aromatic rings. The molecule has 0 spiro atoms. The first kappa shape index (κ1) is 14.4. The monoisotopic (exact) mass is 373 g/mol. The summed E-state index contributed by atoms with van der Waals surface area (Å²) in [7, 11) is 0. The van der Waals surface area contributed by atoms with Gasteiger partial charge >= 0.3 is 0 Å². The molecule has 6 heteroatoms. The van der Waals surface area contributed by atoms with Gasteiger partial charge < -0.3 is 15.0 Å². The fourth-order valence-corrected chi connectivity index (χ4v) is 2.22. The Balaban J connectivity index is 2.23. The lowest BCUT2D eigenvalue weighted by Gasteiger charge is -2.05. The summed E-state index contributed by atoms with van der Waals surface area (Å²) in [6, 6.07) is 5.61. The van der Waals surface area contributed by atoms with E-state index in [1.165, 1.54) is 5.56 Å². The average molecular weight is 373 g/mol. The fraction of sp³-hybridized carbons (Fsp3) is 0.385. The topological polar surface area (TPSA) is 74.2 Å². The van der Waals surface area contributed by atoms with Gasteiger partial charge in [-0.2, -0.15) is 4.98 Å². The van der Waals surface area contributed by atoms with Crippen molar-refractivity contribution in [3.05, 3.63) is 33.2 Å². The zero-order chi connectivity index (χ0) is 13.8. The highest BCUT2D eigenvalue weighted by molar-refractivity contribution is 14.1. The lowest BCUT2D eigenvalue weighted by Crippen LogP contribution is -2.18. The normalized spacial score (nSPS) is 12.6. The first-order chi connectivity index (χ1) is 9.13. The third-order valence-corrected chi connectivity index (χ3v) is 4.13. The zero-order valence-electron chi connectivity index (χ0n) is 10.9. The van der Waals surface area contributed by atoms with Crippen LogP contribution in [0.4, 0.5) is 0 Å². The van der Waals surface area contributed by atoms with Crippen molar-refractivity contribution in [1.29, 1.82) is 0 Å². The molecule has 1 atom stereocenters. The van der Waals surface area contributed by atoms with Gasteiger partial charge in [0.05, 0.1) is 18.2 Å². The third-order valence-electron chi connectivity index (χ3n) is 2.70. The molecule has 19 heavy (non-hydrogen) atoms. The van der Waals surface area contributed by atoms with Crippen molar-refractivity contribution in [3.63, 3.8) is 0 Å². The molecule has 0 amide bonds. The maximum Gasteiger partial charge on any atom is 0.259 e. The van der Waals surface area contributed by atoms with Crippen molar-refractivity contribution in [1.82, 2.24) is 10.1 Å². The van der Waals surface area contributed by atoms with Gasteiger partial charge in [-0.15, -0.1) is 0 Å². The summed E-state index contributed by atoms with van der Waals surface area (Å²) in [5, 5.41) is 3.92. The van der Waals surface area contributed by atoms with Crippen LogP contribution in [0.3, 0.4) is 0 Å². The van der Waals surface area contributed by atoms with E-state index in [9.17, 15) is 0 Å². The Morgan fingerprint density at radius 3 is 3.00 bits per heavy atom. The molecule has 0 bridgehead atoms. The molecule has 2 N–H and O–H groups in total. The number of halogens is 1. The maximum absolute atomic E-state index is 5.93. The van der Waals surface area contributed by atoms with Crippen LogP contribution in [0.25, 0.3) is 11.5 Å². The highest BCUT2D eigenvalue weighted by Crippen LogP contribution is 2.26. The quantitative estimate of drug-likeness (QED) is 0.816. The van der Waals surface area contributed by atoms with Gasteiger partial charge in [-0.05, 0) is 48.1 Å². The predicted octanol–water partition coefficient (Wildman–Crippen LogP) is 2.69. The number of aromatic nitrogens is 2. The summed E-state index contributed by atoms with van der Waals surface area (Å²) in [5.41, 5.74) is 8.04. The molecular formula is C13H16IN3O2. The van der Waals surface area contributed by atoms with Crippen LogP contribution in [-0.4, -0.2) is 23.4 Å². The van der Waals surface area contributed by atoms with Crippen LogP contribution in [0.2, 0.25) is 0 Å². The van der Waals surface area contributed by atoms with Gasteiger partial charge in [-0.1, -0.05) is 17.3 Å². The van der Waals surface area contributed by atoms with Crippen LogP contribution in [0.5, 0.6) is 0 Å². The predicted molar refractivity (Wildman–Crippen MR) is 80.6 cm³/mol. The molecule has 1 unspecified atom stereocenters. The van der Waals surface area contributed by atoms with E-state index in [1.54, 1.807) is 0 Å². The first-order valence-corrected chi connectivity index (χ1v) is 7.13. The first-order valence-electron chi connectivity index (χ1n) is 6.06. The number of hydrogen-bond acceptors (Lipinski definition) is 5. The van der Waals surface area contributed by atoms with Gasteiger partial charge in [-0.3, -0.25) is 0 Å². The van der Waals surface area contributed by atoms with Crippen LogP contribution in [0.15, 0.2) is 22.7 Å². The molecule has 5 nitrogen and oxygen atoms in total. The number of nitrogens with zero attached hydrogens (tertiary/aromatic N) is 2. The number of rotatable bonds is 5. The second kappa shape index (κ2) is 6.44. The van der Waals surface area contributed by atoms with Crippen LogP contribution in [0, 0.1) is 10.5 Å². The number of benzene rings is 1. The summed E-state index contributed by atoms with van der Waals surface area (Å²) in [5.74, 6) is 0.968. The van der Waals surface area contributed by atoms with Crippen molar-refractivity contribution in [2.24, 2.45) is 5.73 Å². The van der Waals surface area contributed by atoms with Crippen LogP contribution in [-0.2, 0) is 4.74 Å². The maximum atomic E-state index is 5.93. The molecule has 1 heterocycles. The molecule has 0 aliphatic rings. The van der Waals surface area contributed by atoms with E-state index < -0.39 is 0 Å². The van der Waals surface area contributed by atoms with E-state index in [0.29, 0.717) is 24.9 Å². The zero-order valence-corrected chi connectivity index (χ0v) is 13.0. The Morgan fingerprint density at radius 1 is 1.47 bits per heavy atom. The van der Waals surface area contributed by atoms with E-state index in [-0.39, 0.29) is 6.04 Å². The summed E-state index contributed by atoms with van der Waals surface area (Å²) in [6.07, 6.45) is 0. The molecular weight excluding hydrogens is 357 g/mol. The van der Waals surface area contributed by atoms with Gasteiger partial charge in [0, 0.05) is 10.2 Å². The molecule has 1 aromatic heterocycles. The Bertz CT molecular complexity index is 557. The van der Waals surface area contributed by atoms with Crippen molar-refractivity contribution in [2.75, 3.05) is 13.2 Å². The Labute approximate surface area is 125 Å². The third kappa shape index (κ3) is 3.31. The van der Waals surface area contributed by atoms with E-state index in [2.05, 4.69) is 32.7 Å². The molecule has 2 rings (SSSR count). The summed E-state index contributed by atoms with van der Waals surface area (Å²) >= 11 is 2.27. The van der Waals surface area contributed by atoms with Crippen molar-refractivity contribution < 1.29 is 9.26 Å². The number of hydrogen-bond donors (Lipinski definition) is 1. The van der Waals surface area contributed by atoms with Crippen molar-refractivity contribution in [3.8, 4) is 11.5 Å². The fourth-order valence-electron chi connectivity index (χ4n) is 1.63. The molecule has 0 saturated carbocycles. The van der Waals surface area contributed by atoms with Gasteiger partial charge in [0.2, 0.25) is 0 Å². The van der Waals surface area contributed by atoms with Gasteiger partial charge in [0.1, 0.15) is 0 Å². The SMILES string of the molecule is CCOCC(N)c1noc(-c2cccc(C)c2I)n1. The molecule has 0 saturated heterocycles. The van der Waals surface area contributed by atoms with Crippen molar-refractivity contribution >= 4 is 22.6 Å².